The summed E-state index contributed by atoms with van der Waals surface area (Å²) in [6.07, 6.45) is 2.04. The second-order valence-electron chi connectivity index (χ2n) is 5.48. The maximum absolute atomic E-state index is 12.3. The zero-order valence-corrected chi connectivity index (χ0v) is 15.1. The van der Waals surface area contributed by atoms with Crippen LogP contribution in [0.15, 0.2) is 40.3 Å². The van der Waals surface area contributed by atoms with Crippen molar-refractivity contribution in [2.24, 2.45) is 0 Å². The molecule has 132 valence electrons. The molecular weight excluding hydrogens is 338 g/mol. The quantitative estimate of drug-likeness (QED) is 0.429. The minimum absolute atomic E-state index is 0.0677. The van der Waals surface area contributed by atoms with Gasteiger partial charge in [-0.3, -0.25) is 14.4 Å². The van der Waals surface area contributed by atoms with E-state index in [1.54, 1.807) is 31.2 Å². The lowest BCUT2D eigenvalue weighted by molar-refractivity contribution is -0.115. The van der Waals surface area contributed by atoms with E-state index in [0.29, 0.717) is 22.8 Å². The van der Waals surface area contributed by atoms with E-state index >= 15 is 0 Å². The van der Waals surface area contributed by atoms with Gasteiger partial charge in [-0.15, -0.1) is 0 Å². The molecule has 0 aliphatic rings. The fraction of sp³-hybridized carbons (Fsp3) is 0.333. The van der Waals surface area contributed by atoms with Gasteiger partial charge in [-0.2, -0.15) is 0 Å². The smallest absolute Gasteiger partial charge is 0.251 e. The minimum atomic E-state index is -0.204. The average molecular weight is 359 g/mol. The highest BCUT2D eigenvalue weighted by Crippen LogP contribution is 2.16. The molecule has 0 bridgehead atoms. The molecule has 0 saturated heterocycles. The highest BCUT2D eigenvalue weighted by Gasteiger charge is 2.09. The van der Waals surface area contributed by atoms with Crippen molar-refractivity contribution in [2.45, 2.75) is 38.3 Å². The highest BCUT2D eigenvalue weighted by atomic mass is 32.2. The largest absolute Gasteiger partial charge is 0.326 e. The number of H-pyrrole nitrogens is 1. The molecule has 0 unspecified atom stereocenters. The molecule has 1 aromatic carbocycles. The fourth-order valence-corrected chi connectivity index (χ4v) is 2.93. The number of benzene rings is 1. The Balaban J connectivity index is 1.98. The van der Waals surface area contributed by atoms with E-state index in [-0.39, 0.29) is 23.0 Å². The van der Waals surface area contributed by atoms with Crippen LogP contribution in [0, 0.1) is 0 Å². The molecule has 0 aliphatic heterocycles. The Hall–Kier alpha value is -2.41. The van der Waals surface area contributed by atoms with Gasteiger partial charge in [0.1, 0.15) is 0 Å². The van der Waals surface area contributed by atoms with Gasteiger partial charge in [0, 0.05) is 29.4 Å². The Morgan fingerprint density at radius 2 is 1.92 bits per heavy atom. The Kier molecular flexibility index (Phi) is 6.94. The van der Waals surface area contributed by atoms with E-state index in [2.05, 4.69) is 15.3 Å². The lowest BCUT2D eigenvalue weighted by atomic mass is 10.1. The van der Waals surface area contributed by atoms with Crippen molar-refractivity contribution < 1.29 is 9.59 Å². The van der Waals surface area contributed by atoms with Gasteiger partial charge >= 0.3 is 0 Å². The molecule has 2 rings (SSSR count). The summed E-state index contributed by atoms with van der Waals surface area (Å²) >= 11 is 1.21. The number of rotatable bonds is 8. The SMILES string of the molecule is CCCc1cc(=O)[nH]c(SCC(=O)c2ccc(NC(=O)CC)cc2)n1. The first-order valence-corrected chi connectivity index (χ1v) is 9.16. The molecule has 0 spiro atoms. The van der Waals surface area contributed by atoms with E-state index in [1.165, 1.54) is 17.8 Å². The molecule has 0 radical (unpaired) electrons. The van der Waals surface area contributed by atoms with Crippen molar-refractivity contribution in [1.29, 1.82) is 0 Å². The van der Waals surface area contributed by atoms with Gasteiger partial charge in [0.15, 0.2) is 10.9 Å². The molecular formula is C18H21N3O3S. The lowest BCUT2D eigenvalue weighted by Crippen LogP contribution is -2.11. The number of Topliss-reactive ketones (excluding diaryl/α,β-unsaturated/α-hetero) is 1. The van der Waals surface area contributed by atoms with E-state index in [1.807, 2.05) is 6.92 Å². The summed E-state index contributed by atoms with van der Waals surface area (Å²) in [5.41, 5.74) is 1.74. The number of carbonyl (C=O) groups excluding carboxylic acids is 2. The number of thioether (sulfide) groups is 1. The summed E-state index contributed by atoms with van der Waals surface area (Å²) < 4.78 is 0. The normalized spacial score (nSPS) is 10.5. The second kappa shape index (κ2) is 9.17. The molecule has 1 amide bonds. The van der Waals surface area contributed by atoms with Gasteiger partial charge in [-0.25, -0.2) is 4.98 Å². The number of hydrogen-bond donors (Lipinski definition) is 2. The van der Waals surface area contributed by atoms with Crippen LogP contribution in [0.2, 0.25) is 0 Å². The summed E-state index contributed by atoms with van der Waals surface area (Å²) in [6, 6.07) is 8.25. The Bertz CT molecular complexity index is 800. The summed E-state index contributed by atoms with van der Waals surface area (Å²) in [6.45, 7) is 3.80. The van der Waals surface area contributed by atoms with Crippen molar-refractivity contribution in [3.8, 4) is 0 Å². The van der Waals surface area contributed by atoms with Gasteiger partial charge in [0.2, 0.25) is 5.91 Å². The third-order valence-corrected chi connectivity index (χ3v) is 4.30. The number of ketones is 1. The van der Waals surface area contributed by atoms with Crippen molar-refractivity contribution in [3.63, 3.8) is 0 Å². The Morgan fingerprint density at radius 1 is 1.20 bits per heavy atom. The van der Waals surface area contributed by atoms with E-state index in [0.717, 1.165) is 18.5 Å². The minimum Gasteiger partial charge on any atom is -0.326 e. The van der Waals surface area contributed by atoms with Gasteiger partial charge in [-0.05, 0) is 30.7 Å². The van der Waals surface area contributed by atoms with Crippen LogP contribution in [0.25, 0.3) is 0 Å². The van der Waals surface area contributed by atoms with Crippen LogP contribution in [0.3, 0.4) is 0 Å². The number of aromatic amines is 1. The third kappa shape index (κ3) is 5.86. The highest BCUT2D eigenvalue weighted by molar-refractivity contribution is 7.99. The van der Waals surface area contributed by atoms with Gasteiger partial charge in [-0.1, -0.05) is 32.0 Å². The second-order valence-corrected chi connectivity index (χ2v) is 6.45. The van der Waals surface area contributed by atoms with Gasteiger partial charge < -0.3 is 10.3 Å². The molecule has 0 fully saturated rings. The summed E-state index contributed by atoms with van der Waals surface area (Å²) in [7, 11) is 0. The van der Waals surface area contributed by atoms with Crippen LogP contribution in [-0.2, 0) is 11.2 Å². The molecule has 6 nitrogen and oxygen atoms in total. The number of carbonyl (C=O) groups is 2. The molecule has 0 saturated carbocycles. The maximum atomic E-state index is 12.3. The standard InChI is InChI=1S/C18H21N3O3S/c1-3-5-14-10-17(24)21-18(20-14)25-11-15(22)12-6-8-13(9-7-12)19-16(23)4-2/h6-10H,3-5,11H2,1-2H3,(H,19,23)(H,20,21,24). The van der Waals surface area contributed by atoms with Crippen molar-refractivity contribution in [2.75, 3.05) is 11.1 Å². The first-order valence-electron chi connectivity index (χ1n) is 8.18. The van der Waals surface area contributed by atoms with Crippen LogP contribution in [0.5, 0.6) is 0 Å². The van der Waals surface area contributed by atoms with Crippen LogP contribution in [0.1, 0.15) is 42.7 Å². The number of hydrogen-bond acceptors (Lipinski definition) is 5. The number of amides is 1. The predicted molar refractivity (Wildman–Crippen MR) is 99.3 cm³/mol. The van der Waals surface area contributed by atoms with Crippen molar-refractivity contribution >= 4 is 29.1 Å². The first kappa shape index (κ1) is 18.9. The number of anilines is 1. The molecule has 25 heavy (non-hydrogen) atoms. The Labute approximate surface area is 150 Å². The number of aromatic nitrogens is 2. The number of nitrogens with one attached hydrogen (secondary N) is 2. The summed E-state index contributed by atoms with van der Waals surface area (Å²) in [5.74, 6) is 0.0395. The average Bonchev–Trinajstić information content (AvgIpc) is 2.60. The Morgan fingerprint density at radius 3 is 2.56 bits per heavy atom. The number of aryl methyl sites for hydroxylation is 1. The predicted octanol–water partition coefficient (Wildman–Crippen LogP) is 3.05. The van der Waals surface area contributed by atoms with E-state index in [4.69, 9.17) is 0 Å². The summed E-state index contributed by atoms with van der Waals surface area (Å²) in [5, 5.41) is 3.19. The van der Waals surface area contributed by atoms with Crippen LogP contribution < -0.4 is 10.9 Å². The zero-order chi connectivity index (χ0) is 18.2. The van der Waals surface area contributed by atoms with Crippen molar-refractivity contribution in [3.05, 3.63) is 51.9 Å². The van der Waals surface area contributed by atoms with Gasteiger partial charge in [0.05, 0.1) is 5.75 Å². The zero-order valence-electron chi connectivity index (χ0n) is 14.3. The maximum Gasteiger partial charge on any atom is 0.251 e. The monoisotopic (exact) mass is 359 g/mol. The molecule has 2 N–H and O–H groups in total. The lowest BCUT2D eigenvalue weighted by Gasteiger charge is -2.06. The third-order valence-electron chi connectivity index (χ3n) is 3.43. The fourth-order valence-electron chi connectivity index (χ4n) is 2.14. The molecule has 0 aliphatic carbocycles. The topological polar surface area (TPSA) is 91.9 Å². The van der Waals surface area contributed by atoms with Crippen LogP contribution in [-0.4, -0.2) is 27.4 Å². The molecule has 7 heteroatoms. The molecule has 1 aromatic heterocycles. The van der Waals surface area contributed by atoms with Crippen molar-refractivity contribution in [1.82, 2.24) is 9.97 Å². The van der Waals surface area contributed by atoms with E-state index in [9.17, 15) is 14.4 Å². The van der Waals surface area contributed by atoms with Crippen LogP contribution >= 0.6 is 11.8 Å². The molecule has 2 aromatic rings. The number of nitrogens with zero attached hydrogens (tertiary/aromatic N) is 1. The molecule has 0 atom stereocenters. The first-order chi connectivity index (χ1) is 12.0. The van der Waals surface area contributed by atoms with Gasteiger partial charge in [0.25, 0.3) is 5.56 Å². The van der Waals surface area contributed by atoms with E-state index < -0.39 is 0 Å². The van der Waals surface area contributed by atoms with Crippen LogP contribution in [0.4, 0.5) is 5.69 Å². The molecule has 1 heterocycles. The summed E-state index contributed by atoms with van der Waals surface area (Å²) in [4.78, 5) is 42.2.